The smallest absolute Gasteiger partial charge is 0.259 e. The molecule has 2 amide bonds. The number of benzene rings is 1. The molecule has 0 saturated heterocycles. The van der Waals surface area contributed by atoms with Crippen LogP contribution in [-0.4, -0.2) is 43.4 Å². The molecule has 1 atom stereocenters. The van der Waals surface area contributed by atoms with E-state index in [2.05, 4.69) is 23.4 Å². The fourth-order valence-electron chi connectivity index (χ4n) is 5.83. The van der Waals surface area contributed by atoms with Crippen LogP contribution < -0.4 is 11.1 Å². The maximum atomic E-state index is 13.1. The number of nitrogens with one attached hydrogen (secondary N) is 1. The van der Waals surface area contributed by atoms with E-state index in [-0.39, 0.29) is 29.7 Å². The van der Waals surface area contributed by atoms with Crippen molar-refractivity contribution in [1.29, 1.82) is 0 Å². The summed E-state index contributed by atoms with van der Waals surface area (Å²) in [4.78, 5) is 33.1. The van der Waals surface area contributed by atoms with Crippen LogP contribution in [0.3, 0.4) is 0 Å². The molecule has 1 unspecified atom stereocenters. The predicted molar refractivity (Wildman–Crippen MR) is 134 cm³/mol. The highest BCUT2D eigenvalue weighted by Crippen LogP contribution is 2.39. The van der Waals surface area contributed by atoms with E-state index in [1.807, 2.05) is 24.0 Å². The van der Waals surface area contributed by atoms with Crippen molar-refractivity contribution in [1.82, 2.24) is 24.8 Å². The van der Waals surface area contributed by atoms with Crippen LogP contribution in [-0.2, 0) is 6.54 Å². The second-order valence-corrected chi connectivity index (χ2v) is 10.5. The highest BCUT2D eigenvalue weighted by atomic mass is 16.2. The Balaban J connectivity index is 1.33. The van der Waals surface area contributed by atoms with Crippen molar-refractivity contribution in [3.8, 4) is 11.3 Å². The van der Waals surface area contributed by atoms with Crippen molar-refractivity contribution < 1.29 is 9.59 Å². The molecule has 6 rings (SSSR count). The number of anilines is 1. The van der Waals surface area contributed by atoms with Gasteiger partial charge in [-0.05, 0) is 74.8 Å². The van der Waals surface area contributed by atoms with Crippen LogP contribution in [0.5, 0.6) is 0 Å². The van der Waals surface area contributed by atoms with Crippen molar-refractivity contribution in [2.75, 3.05) is 5.73 Å². The minimum absolute atomic E-state index is 0.136. The van der Waals surface area contributed by atoms with E-state index in [9.17, 15) is 9.59 Å². The van der Waals surface area contributed by atoms with Gasteiger partial charge in [-0.15, -0.1) is 5.10 Å². The molecule has 8 nitrogen and oxygen atoms in total. The number of fused-ring (bicyclic) bond motifs is 2. The Morgan fingerprint density at radius 2 is 1.94 bits per heavy atom. The number of nitrogen functional groups attached to an aromatic ring is 1. The zero-order valence-electron chi connectivity index (χ0n) is 20.4. The van der Waals surface area contributed by atoms with E-state index in [4.69, 9.17) is 10.7 Å². The Kier molecular flexibility index (Phi) is 5.27. The Morgan fingerprint density at radius 1 is 1.17 bits per heavy atom. The lowest BCUT2D eigenvalue weighted by Gasteiger charge is -2.24. The molecule has 182 valence electrons. The Morgan fingerprint density at radius 3 is 2.69 bits per heavy atom. The Hall–Kier alpha value is -3.42. The number of amides is 2. The minimum atomic E-state index is -0.213. The number of nitrogens with two attached hydrogens (primary N) is 1. The predicted octanol–water partition coefficient (Wildman–Crippen LogP) is 4.10. The molecule has 1 aromatic carbocycles. The molecule has 2 fully saturated rings. The van der Waals surface area contributed by atoms with Crippen LogP contribution in [0.15, 0.2) is 24.4 Å². The summed E-state index contributed by atoms with van der Waals surface area (Å²) in [5.74, 6) is 0.734. The molecule has 35 heavy (non-hydrogen) atoms. The lowest BCUT2D eigenvalue weighted by molar-refractivity contribution is 0.0696. The molecule has 3 heterocycles. The molecular weight excluding hydrogens is 440 g/mol. The SMILES string of the molecule is Cc1cc(-c2ccn3nc(N)c(C(=O)NC4CCCCC4)c3n2)cc2c1C(=O)N(C(C)C1CC1)C2. The molecule has 0 bridgehead atoms. The van der Waals surface area contributed by atoms with Gasteiger partial charge in [-0.25, -0.2) is 9.50 Å². The van der Waals surface area contributed by atoms with Crippen LogP contribution >= 0.6 is 0 Å². The Bertz CT molecular complexity index is 1340. The van der Waals surface area contributed by atoms with Crippen molar-refractivity contribution in [3.63, 3.8) is 0 Å². The lowest BCUT2D eigenvalue weighted by atomic mass is 9.95. The molecule has 3 aliphatic rings. The minimum Gasteiger partial charge on any atom is -0.381 e. The molecule has 3 aromatic rings. The summed E-state index contributed by atoms with van der Waals surface area (Å²) < 4.78 is 1.57. The first-order chi connectivity index (χ1) is 16.9. The first kappa shape index (κ1) is 22.1. The highest BCUT2D eigenvalue weighted by Gasteiger charge is 2.39. The summed E-state index contributed by atoms with van der Waals surface area (Å²) in [5.41, 5.74) is 11.4. The van der Waals surface area contributed by atoms with Crippen molar-refractivity contribution >= 4 is 23.3 Å². The average Bonchev–Trinajstić information content (AvgIpc) is 3.56. The van der Waals surface area contributed by atoms with E-state index in [0.717, 1.165) is 53.6 Å². The maximum Gasteiger partial charge on any atom is 0.259 e. The summed E-state index contributed by atoms with van der Waals surface area (Å²) in [7, 11) is 0. The fraction of sp³-hybridized carbons (Fsp3) is 0.481. The lowest BCUT2D eigenvalue weighted by Crippen LogP contribution is -2.36. The van der Waals surface area contributed by atoms with Gasteiger partial charge in [-0.2, -0.15) is 0 Å². The number of hydrogen-bond donors (Lipinski definition) is 2. The normalized spacial score (nSPS) is 19.3. The summed E-state index contributed by atoms with van der Waals surface area (Å²) in [5, 5.41) is 7.45. The number of aromatic nitrogens is 3. The number of hydrogen-bond acceptors (Lipinski definition) is 5. The highest BCUT2D eigenvalue weighted by molar-refractivity contribution is 6.04. The van der Waals surface area contributed by atoms with Crippen LogP contribution in [0.2, 0.25) is 0 Å². The van der Waals surface area contributed by atoms with Gasteiger partial charge in [-0.1, -0.05) is 19.3 Å². The van der Waals surface area contributed by atoms with Gasteiger partial charge in [0.25, 0.3) is 11.8 Å². The summed E-state index contributed by atoms with van der Waals surface area (Å²) in [6, 6.07) is 6.41. The molecule has 2 aromatic heterocycles. The van der Waals surface area contributed by atoms with Crippen molar-refractivity contribution in [2.24, 2.45) is 5.92 Å². The van der Waals surface area contributed by atoms with E-state index >= 15 is 0 Å². The first-order valence-electron chi connectivity index (χ1n) is 12.8. The molecule has 0 radical (unpaired) electrons. The van der Waals surface area contributed by atoms with Crippen LogP contribution in [0.25, 0.3) is 16.9 Å². The van der Waals surface area contributed by atoms with Gasteiger partial charge in [0.15, 0.2) is 11.5 Å². The molecule has 1 aliphatic heterocycles. The maximum absolute atomic E-state index is 13.1. The van der Waals surface area contributed by atoms with Gasteiger partial charge in [0, 0.05) is 36.0 Å². The van der Waals surface area contributed by atoms with Gasteiger partial charge in [0.2, 0.25) is 0 Å². The average molecular weight is 473 g/mol. The summed E-state index contributed by atoms with van der Waals surface area (Å²) >= 11 is 0. The van der Waals surface area contributed by atoms with Gasteiger partial charge in [0.1, 0.15) is 5.56 Å². The monoisotopic (exact) mass is 472 g/mol. The van der Waals surface area contributed by atoms with Crippen molar-refractivity contribution in [2.45, 2.75) is 77.4 Å². The third kappa shape index (κ3) is 3.85. The molecule has 3 N–H and O–H groups in total. The number of carbonyl (C=O) groups is 2. The number of rotatable bonds is 5. The fourth-order valence-corrected chi connectivity index (χ4v) is 5.83. The van der Waals surface area contributed by atoms with Gasteiger partial charge < -0.3 is 16.0 Å². The van der Waals surface area contributed by atoms with Crippen LogP contribution in [0.4, 0.5) is 5.82 Å². The molecule has 0 spiro atoms. The van der Waals surface area contributed by atoms with Crippen LogP contribution in [0, 0.1) is 12.8 Å². The summed E-state index contributed by atoms with van der Waals surface area (Å²) in [6.07, 6.45) is 9.68. The van der Waals surface area contributed by atoms with E-state index in [1.165, 1.54) is 19.3 Å². The van der Waals surface area contributed by atoms with E-state index < -0.39 is 0 Å². The topological polar surface area (TPSA) is 106 Å². The van der Waals surface area contributed by atoms with Crippen LogP contribution in [0.1, 0.15) is 83.7 Å². The zero-order chi connectivity index (χ0) is 24.3. The number of carbonyl (C=O) groups excluding carboxylic acids is 2. The van der Waals surface area contributed by atoms with Crippen molar-refractivity contribution in [3.05, 3.63) is 46.6 Å². The van der Waals surface area contributed by atoms with E-state index in [1.54, 1.807) is 10.7 Å². The zero-order valence-corrected chi connectivity index (χ0v) is 20.4. The quantitative estimate of drug-likeness (QED) is 0.582. The Labute approximate surface area is 204 Å². The molecule has 2 aliphatic carbocycles. The third-order valence-electron chi connectivity index (χ3n) is 8.00. The first-order valence-corrected chi connectivity index (χ1v) is 12.8. The largest absolute Gasteiger partial charge is 0.381 e. The standard InChI is InChI=1S/C27H32N6O2/c1-15-12-18(13-19-14-32(27(35)22(15)19)16(2)17-8-9-17)21-10-11-33-25(30-21)23(24(28)31-33)26(34)29-20-6-4-3-5-7-20/h10-13,16-17,20H,3-9,14H2,1-2H3,(H2,28,31)(H,29,34). The van der Waals surface area contributed by atoms with E-state index in [0.29, 0.717) is 23.7 Å². The van der Waals surface area contributed by atoms with Gasteiger partial charge in [0.05, 0.1) is 5.69 Å². The molecule has 8 heteroatoms. The number of aryl methyl sites for hydroxylation is 1. The molecular formula is C27H32N6O2. The molecule has 2 saturated carbocycles. The van der Waals surface area contributed by atoms with Gasteiger partial charge in [-0.3, -0.25) is 9.59 Å². The third-order valence-corrected chi connectivity index (χ3v) is 8.00. The number of nitrogens with zero attached hydrogens (tertiary/aromatic N) is 4. The second kappa shape index (κ2) is 8.36. The summed E-state index contributed by atoms with van der Waals surface area (Å²) in [6.45, 7) is 4.79. The van der Waals surface area contributed by atoms with Gasteiger partial charge >= 0.3 is 0 Å². The second-order valence-electron chi connectivity index (χ2n) is 10.5.